The third kappa shape index (κ3) is 3.07. The second kappa shape index (κ2) is 6.28. The van der Waals surface area contributed by atoms with Crippen molar-refractivity contribution in [3.8, 4) is 0 Å². The molecule has 8 heteroatoms. The van der Waals surface area contributed by atoms with Crippen molar-refractivity contribution in [1.29, 1.82) is 0 Å². The molecule has 0 saturated carbocycles. The summed E-state index contributed by atoms with van der Waals surface area (Å²) in [4.78, 5) is 20.9. The lowest BCUT2D eigenvalue weighted by Gasteiger charge is -2.35. The van der Waals surface area contributed by atoms with Crippen LogP contribution >= 0.6 is 23.3 Å². The van der Waals surface area contributed by atoms with Crippen molar-refractivity contribution >= 4 is 34.3 Å². The monoisotopic (exact) mass is 314 g/mol. The predicted octanol–water partition coefficient (Wildman–Crippen LogP) is 0.627. The summed E-state index contributed by atoms with van der Waals surface area (Å²) >= 11 is 3.29. The number of hydrogen-bond acceptors (Lipinski definition) is 7. The number of nitrogens with zero attached hydrogens (tertiary/aromatic N) is 4. The highest BCUT2D eigenvalue weighted by Crippen LogP contribution is 2.21. The summed E-state index contributed by atoms with van der Waals surface area (Å²) in [7, 11) is 0. The number of ether oxygens (including phenoxy) is 1. The number of morpholine rings is 1. The van der Waals surface area contributed by atoms with Crippen LogP contribution in [0.1, 0.15) is 5.82 Å². The van der Waals surface area contributed by atoms with Crippen LogP contribution in [0.25, 0.3) is 0 Å². The van der Waals surface area contributed by atoms with Gasteiger partial charge in [-0.05, 0) is 6.92 Å². The van der Waals surface area contributed by atoms with E-state index in [0.29, 0.717) is 13.2 Å². The zero-order chi connectivity index (χ0) is 13.9. The molecule has 0 bridgehead atoms. The number of hydrogen-bond donors (Lipinski definition) is 0. The number of aromatic nitrogens is 2. The fraction of sp³-hybridized carbons (Fsp3) is 0.750. The molecule has 3 heterocycles. The van der Waals surface area contributed by atoms with Crippen LogP contribution in [0.3, 0.4) is 0 Å². The molecule has 2 saturated heterocycles. The van der Waals surface area contributed by atoms with E-state index in [1.807, 2.05) is 23.6 Å². The van der Waals surface area contributed by atoms with Gasteiger partial charge in [-0.3, -0.25) is 4.79 Å². The van der Waals surface area contributed by atoms with E-state index >= 15 is 0 Å². The van der Waals surface area contributed by atoms with Crippen LogP contribution in [0.4, 0.5) is 5.13 Å². The Balaban J connectivity index is 1.63. The number of carbonyl (C=O) groups is 1. The fourth-order valence-electron chi connectivity index (χ4n) is 2.37. The summed E-state index contributed by atoms with van der Waals surface area (Å²) < 4.78 is 9.87. The highest BCUT2D eigenvalue weighted by atomic mass is 32.2. The molecule has 0 aliphatic carbocycles. The number of thioether (sulfide) groups is 1. The molecule has 6 nitrogen and oxygen atoms in total. The van der Waals surface area contributed by atoms with Gasteiger partial charge in [0.05, 0.1) is 13.2 Å². The molecule has 0 N–H and O–H groups in total. The molecule has 1 unspecified atom stereocenters. The van der Waals surface area contributed by atoms with E-state index in [2.05, 4.69) is 14.3 Å². The minimum atomic E-state index is -0.365. The molecular formula is C12H18N4O2S2. The number of amides is 1. The maximum atomic E-state index is 12.5. The molecular weight excluding hydrogens is 296 g/mol. The van der Waals surface area contributed by atoms with Crippen LogP contribution in [0, 0.1) is 6.92 Å². The molecule has 2 aliphatic heterocycles. The minimum absolute atomic E-state index is 0.122. The fourth-order valence-corrected chi connectivity index (χ4v) is 3.99. The zero-order valence-electron chi connectivity index (χ0n) is 11.4. The van der Waals surface area contributed by atoms with Gasteiger partial charge < -0.3 is 14.5 Å². The van der Waals surface area contributed by atoms with Crippen LogP contribution in [0.5, 0.6) is 0 Å². The van der Waals surface area contributed by atoms with E-state index in [1.54, 1.807) is 0 Å². The molecule has 1 amide bonds. The molecule has 110 valence electrons. The lowest BCUT2D eigenvalue weighted by molar-refractivity contribution is -0.144. The quantitative estimate of drug-likeness (QED) is 0.798. The lowest BCUT2D eigenvalue weighted by Crippen LogP contribution is -2.52. The smallest absolute Gasteiger partial charge is 0.253 e. The maximum absolute atomic E-state index is 12.5. The highest BCUT2D eigenvalue weighted by molar-refractivity contribution is 7.99. The Morgan fingerprint density at radius 1 is 1.35 bits per heavy atom. The van der Waals surface area contributed by atoms with E-state index in [4.69, 9.17) is 4.74 Å². The molecule has 0 radical (unpaired) electrons. The van der Waals surface area contributed by atoms with Gasteiger partial charge in [-0.15, -0.1) is 0 Å². The summed E-state index contributed by atoms with van der Waals surface area (Å²) in [6, 6.07) is 0. The predicted molar refractivity (Wildman–Crippen MR) is 80.5 cm³/mol. The topological polar surface area (TPSA) is 58.6 Å². The highest BCUT2D eigenvalue weighted by Gasteiger charge is 2.31. The molecule has 2 aliphatic rings. The largest absolute Gasteiger partial charge is 0.365 e. The van der Waals surface area contributed by atoms with Gasteiger partial charge in [0.1, 0.15) is 5.82 Å². The third-order valence-corrected chi connectivity index (χ3v) is 5.26. The van der Waals surface area contributed by atoms with Gasteiger partial charge in [-0.25, -0.2) is 4.98 Å². The van der Waals surface area contributed by atoms with Crippen molar-refractivity contribution in [2.75, 3.05) is 49.2 Å². The van der Waals surface area contributed by atoms with Gasteiger partial charge in [-0.1, -0.05) is 0 Å². The van der Waals surface area contributed by atoms with Crippen LogP contribution < -0.4 is 4.90 Å². The van der Waals surface area contributed by atoms with Crippen LogP contribution in [-0.4, -0.2) is 70.6 Å². The maximum Gasteiger partial charge on any atom is 0.253 e. The van der Waals surface area contributed by atoms with E-state index in [-0.39, 0.29) is 12.0 Å². The van der Waals surface area contributed by atoms with E-state index < -0.39 is 0 Å². The standard InChI is InChI=1S/C12H18N4O2S2/c1-9-13-12(20-14-9)16-2-5-18-10(8-16)11(17)15-3-6-19-7-4-15/h10H,2-8H2,1H3. The first-order valence-corrected chi connectivity index (χ1v) is 8.70. The Bertz CT molecular complexity index is 476. The normalized spacial score (nSPS) is 23.9. The Morgan fingerprint density at radius 3 is 2.85 bits per heavy atom. The van der Waals surface area contributed by atoms with Crippen LogP contribution in [0.2, 0.25) is 0 Å². The van der Waals surface area contributed by atoms with E-state index in [1.165, 1.54) is 11.5 Å². The Hall–Kier alpha value is -0.860. The minimum Gasteiger partial charge on any atom is -0.365 e. The van der Waals surface area contributed by atoms with Crippen molar-refractivity contribution < 1.29 is 9.53 Å². The molecule has 1 aromatic heterocycles. The number of anilines is 1. The van der Waals surface area contributed by atoms with Gasteiger partial charge in [0, 0.05) is 42.7 Å². The van der Waals surface area contributed by atoms with Gasteiger partial charge >= 0.3 is 0 Å². The van der Waals surface area contributed by atoms with E-state index in [9.17, 15) is 4.79 Å². The molecule has 2 fully saturated rings. The molecule has 20 heavy (non-hydrogen) atoms. The summed E-state index contributed by atoms with van der Waals surface area (Å²) in [5, 5.41) is 0.887. The van der Waals surface area contributed by atoms with Crippen molar-refractivity contribution in [3.05, 3.63) is 5.82 Å². The Kier molecular flexibility index (Phi) is 4.42. The van der Waals surface area contributed by atoms with Crippen molar-refractivity contribution in [2.24, 2.45) is 0 Å². The first kappa shape index (κ1) is 14.1. The van der Waals surface area contributed by atoms with Crippen LogP contribution in [0.15, 0.2) is 0 Å². The average molecular weight is 314 g/mol. The second-order valence-electron chi connectivity index (χ2n) is 4.87. The molecule has 0 spiro atoms. The first-order valence-electron chi connectivity index (χ1n) is 6.77. The van der Waals surface area contributed by atoms with Gasteiger partial charge in [0.15, 0.2) is 6.10 Å². The van der Waals surface area contributed by atoms with Gasteiger partial charge in [0.25, 0.3) is 5.91 Å². The summed E-state index contributed by atoms with van der Waals surface area (Å²) in [5.74, 6) is 2.96. The average Bonchev–Trinajstić information content (AvgIpc) is 2.94. The summed E-state index contributed by atoms with van der Waals surface area (Å²) in [6.07, 6.45) is -0.365. The van der Waals surface area contributed by atoms with Crippen LogP contribution in [-0.2, 0) is 9.53 Å². The molecule has 3 rings (SSSR count). The Morgan fingerprint density at radius 2 is 2.15 bits per heavy atom. The lowest BCUT2D eigenvalue weighted by atomic mass is 10.2. The third-order valence-electron chi connectivity index (χ3n) is 3.45. The summed E-state index contributed by atoms with van der Waals surface area (Å²) in [6.45, 7) is 5.47. The SMILES string of the molecule is Cc1nsc(N2CCOC(C(=O)N3CCSCC3)C2)n1. The number of aryl methyl sites for hydroxylation is 1. The number of carbonyl (C=O) groups excluding carboxylic acids is 1. The second-order valence-corrected chi connectivity index (χ2v) is 6.82. The molecule has 0 aromatic carbocycles. The van der Waals surface area contributed by atoms with Crippen molar-refractivity contribution in [1.82, 2.24) is 14.3 Å². The van der Waals surface area contributed by atoms with Gasteiger partial charge in [-0.2, -0.15) is 16.1 Å². The van der Waals surface area contributed by atoms with Gasteiger partial charge in [0.2, 0.25) is 5.13 Å². The Labute approximate surface area is 126 Å². The molecule has 1 atom stereocenters. The number of rotatable bonds is 2. The van der Waals surface area contributed by atoms with Crippen molar-refractivity contribution in [3.63, 3.8) is 0 Å². The van der Waals surface area contributed by atoms with E-state index in [0.717, 1.165) is 42.1 Å². The zero-order valence-corrected chi connectivity index (χ0v) is 13.1. The van der Waals surface area contributed by atoms with Crippen molar-refractivity contribution in [2.45, 2.75) is 13.0 Å². The first-order chi connectivity index (χ1) is 9.74. The molecule has 1 aromatic rings. The summed E-state index contributed by atoms with van der Waals surface area (Å²) in [5.41, 5.74) is 0.